The lowest BCUT2D eigenvalue weighted by Gasteiger charge is -2.22. The number of benzene rings is 1. The minimum Gasteiger partial charge on any atom is -0.493 e. The summed E-state index contributed by atoms with van der Waals surface area (Å²) in [6, 6.07) is 1.62. The molecule has 4 nitrogen and oxygen atoms in total. The van der Waals surface area contributed by atoms with Crippen molar-refractivity contribution in [2.24, 2.45) is 0 Å². The third-order valence-electron chi connectivity index (χ3n) is 2.49. The summed E-state index contributed by atoms with van der Waals surface area (Å²) in [7, 11) is 3.03. The number of methoxy groups -OCH3 is 2. The number of rotatable bonds is 3. The highest BCUT2D eigenvalue weighted by Crippen LogP contribution is 2.44. The second-order valence-corrected chi connectivity index (χ2v) is 3.94. The van der Waals surface area contributed by atoms with Crippen molar-refractivity contribution >= 4 is 25.0 Å². The van der Waals surface area contributed by atoms with Gasteiger partial charge in [0.1, 0.15) is 0 Å². The number of carbonyl (C=O) groups excluding carboxylic acids is 1. The fourth-order valence-corrected chi connectivity index (χ4v) is 1.91. The van der Waals surface area contributed by atoms with Crippen LogP contribution in [-0.2, 0) is 0 Å². The van der Waals surface area contributed by atoms with Gasteiger partial charge in [-0.25, -0.2) is 0 Å². The Balaban J connectivity index is 2.69. The number of hydrogen-bond acceptors (Lipinski definition) is 5. The molecule has 2 rings (SSSR count). The maximum absolute atomic E-state index is 11.0. The summed E-state index contributed by atoms with van der Waals surface area (Å²) in [6.07, 6.45) is 4.31. The molecule has 5 heteroatoms. The van der Waals surface area contributed by atoms with E-state index >= 15 is 0 Å². The average Bonchev–Trinajstić information content (AvgIpc) is 2.36. The molecule has 0 aromatic heterocycles. The Hall–Kier alpha value is -1.62. The highest BCUT2D eigenvalue weighted by molar-refractivity contribution is 7.81. The number of ether oxygens (including phenoxy) is 3. The van der Waals surface area contributed by atoms with Crippen LogP contribution in [-0.4, -0.2) is 25.9 Å². The fraction of sp³-hybridized carbons (Fsp3) is 0.250. The number of aldehydes is 1. The minimum absolute atomic E-state index is 0.358. The third-order valence-corrected chi connectivity index (χ3v) is 2.77. The molecule has 1 atom stereocenters. The van der Waals surface area contributed by atoms with Crippen molar-refractivity contribution in [1.82, 2.24) is 0 Å². The van der Waals surface area contributed by atoms with E-state index in [1.165, 1.54) is 14.2 Å². The molecule has 0 saturated heterocycles. The molecule has 0 amide bonds. The van der Waals surface area contributed by atoms with E-state index in [-0.39, 0.29) is 5.44 Å². The van der Waals surface area contributed by atoms with E-state index in [0.29, 0.717) is 28.4 Å². The van der Waals surface area contributed by atoms with Gasteiger partial charge in [0.15, 0.2) is 23.2 Å². The summed E-state index contributed by atoms with van der Waals surface area (Å²) in [4.78, 5) is 11.0. The molecule has 1 unspecified atom stereocenters. The first kappa shape index (κ1) is 11.9. The molecular formula is C12H12O4S. The SMILES string of the molecule is COc1cc(C=O)c2c(c1OC)OC(S)C=C2. The summed E-state index contributed by atoms with van der Waals surface area (Å²) in [5.74, 6) is 1.41. The standard InChI is InChI=1S/C12H12O4S/c1-14-9-5-7(6-13)8-3-4-10(17)16-11(8)12(9)15-2/h3-6,10,17H,1-2H3. The highest BCUT2D eigenvalue weighted by Gasteiger charge is 2.23. The van der Waals surface area contributed by atoms with Crippen LogP contribution in [0.5, 0.6) is 17.2 Å². The second-order valence-electron chi connectivity index (χ2n) is 3.43. The molecular weight excluding hydrogens is 240 g/mol. The molecule has 0 N–H and O–H groups in total. The van der Waals surface area contributed by atoms with Crippen LogP contribution in [0.2, 0.25) is 0 Å². The van der Waals surface area contributed by atoms with Gasteiger partial charge in [-0.3, -0.25) is 4.79 Å². The Labute approximate surface area is 105 Å². The molecule has 1 aromatic carbocycles. The third kappa shape index (κ3) is 1.98. The van der Waals surface area contributed by atoms with Crippen LogP contribution in [0.15, 0.2) is 12.1 Å². The Kier molecular flexibility index (Phi) is 3.28. The van der Waals surface area contributed by atoms with Gasteiger partial charge in [0.25, 0.3) is 0 Å². The summed E-state index contributed by atoms with van der Waals surface area (Å²) in [6.45, 7) is 0. The molecule has 1 aliphatic heterocycles. The molecule has 0 bridgehead atoms. The lowest BCUT2D eigenvalue weighted by Crippen LogP contribution is -2.12. The van der Waals surface area contributed by atoms with Crippen LogP contribution in [0, 0.1) is 0 Å². The maximum Gasteiger partial charge on any atom is 0.204 e. The smallest absolute Gasteiger partial charge is 0.204 e. The quantitative estimate of drug-likeness (QED) is 0.661. The van der Waals surface area contributed by atoms with Gasteiger partial charge in [-0.15, -0.1) is 12.6 Å². The number of thiol groups is 1. The Bertz CT molecular complexity index is 482. The molecule has 1 aromatic rings. The number of fused-ring (bicyclic) bond motifs is 1. The fourth-order valence-electron chi connectivity index (χ4n) is 1.72. The molecule has 0 saturated carbocycles. The first-order valence-corrected chi connectivity index (χ1v) is 5.50. The first-order chi connectivity index (χ1) is 8.21. The van der Waals surface area contributed by atoms with E-state index in [0.717, 1.165) is 6.29 Å². The number of carbonyl (C=O) groups is 1. The van der Waals surface area contributed by atoms with Gasteiger partial charge < -0.3 is 14.2 Å². The van der Waals surface area contributed by atoms with Crippen LogP contribution in [0.3, 0.4) is 0 Å². The first-order valence-electron chi connectivity index (χ1n) is 4.98. The monoisotopic (exact) mass is 252 g/mol. The molecule has 0 fully saturated rings. The topological polar surface area (TPSA) is 44.8 Å². The lowest BCUT2D eigenvalue weighted by atomic mass is 10.0. The van der Waals surface area contributed by atoms with Crippen molar-refractivity contribution in [3.63, 3.8) is 0 Å². The summed E-state index contributed by atoms with van der Waals surface area (Å²) >= 11 is 4.21. The van der Waals surface area contributed by atoms with Gasteiger partial charge >= 0.3 is 0 Å². The largest absolute Gasteiger partial charge is 0.493 e. The van der Waals surface area contributed by atoms with E-state index in [1.54, 1.807) is 18.2 Å². The van der Waals surface area contributed by atoms with Crippen molar-refractivity contribution in [3.8, 4) is 17.2 Å². The van der Waals surface area contributed by atoms with E-state index in [2.05, 4.69) is 12.6 Å². The molecule has 0 spiro atoms. The van der Waals surface area contributed by atoms with Gasteiger partial charge in [-0.1, -0.05) is 0 Å². The zero-order chi connectivity index (χ0) is 12.4. The van der Waals surface area contributed by atoms with Crippen LogP contribution < -0.4 is 14.2 Å². The lowest BCUT2D eigenvalue weighted by molar-refractivity contribution is 0.112. The Morgan fingerprint density at radius 3 is 2.76 bits per heavy atom. The predicted molar refractivity (Wildman–Crippen MR) is 67.4 cm³/mol. The summed E-state index contributed by atoms with van der Waals surface area (Å²) in [5, 5.41) is 0. The zero-order valence-electron chi connectivity index (χ0n) is 9.47. The van der Waals surface area contributed by atoms with Crippen LogP contribution in [0.25, 0.3) is 6.08 Å². The molecule has 0 aliphatic carbocycles. The zero-order valence-corrected chi connectivity index (χ0v) is 10.4. The summed E-state index contributed by atoms with van der Waals surface area (Å²) < 4.78 is 16.0. The molecule has 90 valence electrons. The molecule has 1 aliphatic rings. The van der Waals surface area contributed by atoms with Crippen molar-refractivity contribution < 1.29 is 19.0 Å². The van der Waals surface area contributed by atoms with Crippen LogP contribution in [0.4, 0.5) is 0 Å². The highest BCUT2D eigenvalue weighted by atomic mass is 32.1. The van der Waals surface area contributed by atoms with E-state index < -0.39 is 0 Å². The van der Waals surface area contributed by atoms with E-state index in [4.69, 9.17) is 14.2 Å². The van der Waals surface area contributed by atoms with E-state index in [9.17, 15) is 4.79 Å². The van der Waals surface area contributed by atoms with Crippen molar-refractivity contribution in [1.29, 1.82) is 0 Å². The second kappa shape index (κ2) is 4.71. The molecule has 0 radical (unpaired) electrons. The van der Waals surface area contributed by atoms with Gasteiger partial charge in [0, 0.05) is 11.1 Å². The van der Waals surface area contributed by atoms with Crippen LogP contribution in [0.1, 0.15) is 15.9 Å². The predicted octanol–water partition coefficient (Wildman–Crippen LogP) is 2.18. The normalized spacial score (nSPS) is 17.0. The van der Waals surface area contributed by atoms with Crippen molar-refractivity contribution in [3.05, 3.63) is 23.3 Å². The Morgan fingerprint density at radius 2 is 2.18 bits per heavy atom. The van der Waals surface area contributed by atoms with Crippen LogP contribution >= 0.6 is 12.6 Å². The minimum atomic E-state index is -0.358. The van der Waals surface area contributed by atoms with Crippen molar-refractivity contribution in [2.45, 2.75) is 5.44 Å². The maximum atomic E-state index is 11.0. The van der Waals surface area contributed by atoms with Gasteiger partial charge in [-0.2, -0.15) is 0 Å². The Morgan fingerprint density at radius 1 is 1.41 bits per heavy atom. The number of hydrogen-bond donors (Lipinski definition) is 1. The summed E-state index contributed by atoms with van der Waals surface area (Å²) in [5.41, 5.74) is 0.820. The molecule has 1 heterocycles. The van der Waals surface area contributed by atoms with Gasteiger partial charge in [-0.05, 0) is 18.2 Å². The van der Waals surface area contributed by atoms with Gasteiger partial charge in [0.2, 0.25) is 5.75 Å². The van der Waals surface area contributed by atoms with Gasteiger partial charge in [0.05, 0.1) is 14.2 Å². The van der Waals surface area contributed by atoms with Crippen molar-refractivity contribution in [2.75, 3.05) is 14.2 Å². The average molecular weight is 252 g/mol. The van der Waals surface area contributed by atoms with E-state index in [1.807, 2.05) is 0 Å². The molecule has 17 heavy (non-hydrogen) atoms.